The third-order valence-corrected chi connectivity index (χ3v) is 6.54. The third-order valence-electron chi connectivity index (χ3n) is 6.54. The van der Waals surface area contributed by atoms with Gasteiger partial charge in [0, 0.05) is 52.5 Å². The van der Waals surface area contributed by atoms with E-state index in [1.807, 2.05) is 31.2 Å². The molecule has 0 bridgehead atoms. The summed E-state index contributed by atoms with van der Waals surface area (Å²) in [5, 5.41) is 5.95. The zero-order chi connectivity index (χ0) is 25.8. The van der Waals surface area contributed by atoms with Crippen LogP contribution in [0, 0.1) is 6.92 Å². The molecule has 0 unspecified atom stereocenters. The summed E-state index contributed by atoms with van der Waals surface area (Å²) >= 11 is 0. The van der Waals surface area contributed by atoms with E-state index < -0.39 is 0 Å². The maximum absolute atomic E-state index is 13.5. The van der Waals surface area contributed by atoms with E-state index in [1.54, 1.807) is 31.4 Å². The number of aromatic amines is 1. The molecule has 2 amide bonds. The number of aryl methyl sites for hydroxylation is 1. The van der Waals surface area contributed by atoms with Crippen molar-refractivity contribution in [2.45, 2.75) is 20.8 Å². The molecule has 5 N–H and O–H groups in total. The largest absolute Gasteiger partial charge is 0.496 e. The minimum Gasteiger partial charge on any atom is -0.496 e. The van der Waals surface area contributed by atoms with E-state index in [2.05, 4.69) is 34.4 Å². The van der Waals surface area contributed by atoms with Gasteiger partial charge < -0.3 is 31.0 Å². The first-order valence-corrected chi connectivity index (χ1v) is 12.2. The fourth-order valence-corrected chi connectivity index (χ4v) is 4.62. The van der Waals surface area contributed by atoms with Crippen LogP contribution in [-0.2, 0) is 4.79 Å². The van der Waals surface area contributed by atoms with Crippen LogP contribution in [0.1, 0.15) is 41.2 Å². The molecule has 3 aromatic rings. The molecule has 2 heterocycles. The zero-order valence-corrected chi connectivity index (χ0v) is 21.2. The first-order chi connectivity index (χ1) is 17.4. The molecular formula is C28H33N5O3. The van der Waals surface area contributed by atoms with Crippen LogP contribution in [0.4, 0.5) is 11.4 Å². The SMILES string of the molecule is CCN(CC)CCNC(=O)c1c(C)[nH]c(/C=C2\C(=O)Nc3ccc(N)cc32)c1-c1ccccc1OC. The normalized spacial score (nSPS) is 13.7. The van der Waals surface area contributed by atoms with Crippen molar-refractivity contribution in [2.75, 3.05) is 44.3 Å². The smallest absolute Gasteiger partial charge is 0.256 e. The van der Waals surface area contributed by atoms with Gasteiger partial charge in [0.15, 0.2) is 0 Å². The number of nitrogen functional groups attached to an aromatic ring is 1. The molecule has 188 valence electrons. The summed E-state index contributed by atoms with van der Waals surface area (Å²) in [5.41, 5.74) is 11.8. The van der Waals surface area contributed by atoms with Crippen molar-refractivity contribution in [1.82, 2.24) is 15.2 Å². The fourth-order valence-electron chi connectivity index (χ4n) is 4.62. The van der Waals surface area contributed by atoms with Gasteiger partial charge in [0.25, 0.3) is 11.8 Å². The van der Waals surface area contributed by atoms with Crippen LogP contribution in [0.5, 0.6) is 5.75 Å². The number of hydrogen-bond acceptors (Lipinski definition) is 5. The lowest BCUT2D eigenvalue weighted by Gasteiger charge is -2.18. The average Bonchev–Trinajstić information content (AvgIpc) is 3.37. The highest BCUT2D eigenvalue weighted by atomic mass is 16.5. The van der Waals surface area contributed by atoms with Gasteiger partial charge in [-0.25, -0.2) is 0 Å². The van der Waals surface area contributed by atoms with Gasteiger partial charge in [-0.1, -0.05) is 32.0 Å². The number of anilines is 2. The van der Waals surface area contributed by atoms with Gasteiger partial charge in [0.2, 0.25) is 0 Å². The number of nitrogens with two attached hydrogens (primary N) is 1. The van der Waals surface area contributed by atoms with Gasteiger partial charge in [-0.05, 0) is 50.4 Å². The number of nitrogens with zero attached hydrogens (tertiary/aromatic N) is 1. The van der Waals surface area contributed by atoms with E-state index in [-0.39, 0.29) is 11.8 Å². The van der Waals surface area contributed by atoms with Crippen LogP contribution in [0.2, 0.25) is 0 Å². The Bertz CT molecular complexity index is 1320. The maximum atomic E-state index is 13.5. The molecule has 0 atom stereocenters. The van der Waals surface area contributed by atoms with Crippen molar-refractivity contribution in [1.29, 1.82) is 0 Å². The van der Waals surface area contributed by atoms with Crippen molar-refractivity contribution < 1.29 is 14.3 Å². The summed E-state index contributed by atoms with van der Waals surface area (Å²) in [6.45, 7) is 9.21. The van der Waals surface area contributed by atoms with Crippen molar-refractivity contribution in [3.8, 4) is 16.9 Å². The number of H-pyrrole nitrogens is 1. The first kappa shape index (κ1) is 25.1. The van der Waals surface area contributed by atoms with Gasteiger partial charge in [-0.15, -0.1) is 0 Å². The standard InChI is InChI=1S/C28H33N5O3/c1-5-33(6-2)14-13-30-28(35)25-17(3)31-23(26(25)19-9-7-8-10-24(19)36-4)16-21-20-15-18(29)11-12-22(20)32-27(21)34/h7-12,15-16,31H,5-6,13-14,29H2,1-4H3,(H,30,35)(H,32,34)/b21-16-. The minimum absolute atomic E-state index is 0.179. The molecule has 36 heavy (non-hydrogen) atoms. The number of carbonyl (C=O) groups excluding carboxylic acids is 2. The number of benzene rings is 2. The topological polar surface area (TPSA) is 112 Å². The van der Waals surface area contributed by atoms with Crippen molar-refractivity contribution >= 4 is 34.8 Å². The fraction of sp³-hybridized carbons (Fsp3) is 0.286. The molecule has 8 heteroatoms. The highest BCUT2D eigenvalue weighted by Gasteiger charge is 2.28. The van der Waals surface area contributed by atoms with E-state index in [4.69, 9.17) is 10.5 Å². The molecule has 0 saturated carbocycles. The van der Waals surface area contributed by atoms with Crippen LogP contribution in [0.15, 0.2) is 42.5 Å². The summed E-state index contributed by atoms with van der Waals surface area (Å²) in [4.78, 5) is 31.9. The molecule has 1 aliphatic heterocycles. The highest BCUT2D eigenvalue weighted by molar-refractivity contribution is 6.35. The molecule has 0 aliphatic carbocycles. The minimum atomic E-state index is -0.223. The summed E-state index contributed by atoms with van der Waals surface area (Å²) in [7, 11) is 1.60. The van der Waals surface area contributed by atoms with Crippen LogP contribution in [0.3, 0.4) is 0 Å². The van der Waals surface area contributed by atoms with Gasteiger partial charge in [-0.3, -0.25) is 9.59 Å². The third kappa shape index (κ3) is 4.85. The number of hydrogen-bond donors (Lipinski definition) is 4. The lowest BCUT2D eigenvalue weighted by atomic mass is 9.96. The van der Waals surface area contributed by atoms with Crippen LogP contribution in [-0.4, -0.2) is 55.0 Å². The molecule has 1 aliphatic rings. The van der Waals surface area contributed by atoms with Crippen LogP contribution < -0.4 is 21.1 Å². The Morgan fingerprint density at radius 3 is 2.61 bits per heavy atom. The summed E-state index contributed by atoms with van der Waals surface area (Å²) in [5.74, 6) is 0.231. The van der Waals surface area contributed by atoms with Crippen molar-refractivity contribution in [2.24, 2.45) is 0 Å². The molecule has 0 fully saturated rings. The van der Waals surface area contributed by atoms with E-state index in [9.17, 15) is 9.59 Å². The molecular weight excluding hydrogens is 454 g/mol. The number of amides is 2. The predicted octanol–water partition coefficient (Wildman–Crippen LogP) is 4.15. The number of ether oxygens (including phenoxy) is 1. The Morgan fingerprint density at radius 1 is 1.14 bits per heavy atom. The lowest BCUT2D eigenvalue weighted by Crippen LogP contribution is -2.35. The van der Waals surface area contributed by atoms with Crippen LogP contribution >= 0.6 is 0 Å². The molecule has 2 aromatic carbocycles. The van der Waals surface area contributed by atoms with Gasteiger partial charge in [0.05, 0.1) is 18.2 Å². The second-order valence-electron chi connectivity index (χ2n) is 8.71. The predicted molar refractivity (Wildman–Crippen MR) is 145 cm³/mol. The zero-order valence-electron chi connectivity index (χ0n) is 21.2. The number of fused-ring (bicyclic) bond motifs is 1. The number of para-hydroxylation sites is 1. The summed E-state index contributed by atoms with van der Waals surface area (Å²) in [6.07, 6.45) is 1.78. The second-order valence-corrected chi connectivity index (χ2v) is 8.71. The molecule has 1 aromatic heterocycles. The van der Waals surface area contributed by atoms with E-state index in [1.165, 1.54) is 0 Å². The number of aromatic nitrogens is 1. The number of carbonyl (C=O) groups is 2. The van der Waals surface area contributed by atoms with Gasteiger partial charge in [0.1, 0.15) is 5.75 Å². The Kier molecular flexibility index (Phi) is 7.45. The second kappa shape index (κ2) is 10.7. The molecule has 8 nitrogen and oxygen atoms in total. The van der Waals surface area contributed by atoms with Crippen LogP contribution in [0.25, 0.3) is 22.8 Å². The van der Waals surface area contributed by atoms with Gasteiger partial charge >= 0.3 is 0 Å². The molecule has 0 spiro atoms. The van der Waals surface area contributed by atoms with Crippen molar-refractivity contribution in [3.63, 3.8) is 0 Å². The number of rotatable bonds is 9. The Hall–Kier alpha value is -4.04. The Balaban J connectivity index is 1.81. The average molecular weight is 488 g/mol. The first-order valence-electron chi connectivity index (χ1n) is 12.2. The Morgan fingerprint density at radius 2 is 1.89 bits per heavy atom. The summed E-state index contributed by atoms with van der Waals surface area (Å²) < 4.78 is 5.63. The summed E-state index contributed by atoms with van der Waals surface area (Å²) in [6, 6.07) is 12.9. The lowest BCUT2D eigenvalue weighted by molar-refractivity contribution is -0.110. The maximum Gasteiger partial charge on any atom is 0.256 e. The number of nitrogens with one attached hydrogen (secondary N) is 3. The van der Waals surface area contributed by atoms with Gasteiger partial charge in [-0.2, -0.15) is 0 Å². The number of methoxy groups -OCH3 is 1. The monoisotopic (exact) mass is 487 g/mol. The Labute approximate surface area is 211 Å². The number of likely N-dealkylation sites (N-methyl/N-ethyl adjacent to an activating group) is 1. The van der Waals surface area contributed by atoms with E-state index in [0.29, 0.717) is 51.8 Å². The highest BCUT2D eigenvalue weighted by Crippen LogP contribution is 2.40. The van der Waals surface area contributed by atoms with Crippen molar-refractivity contribution in [3.05, 3.63) is 65.0 Å². The molecule has 0 radical (unpaired) electrons. The molecule has 4 rings (SSSR count). The quantitative estimate of drug-likeness (QED) is 0.268. The molecule has 0 saturated heterocycles. The van der Waals surface area contributed by atoms with E-state index >= 15 is 0 Å². The van der Waals surface area contributed by atoms with E-state index in [0.717, 1.165) is 30.8 Å².